The first kappa shape index (κ1) is 25.2. The van der Waals surface area contributed by atoms with E-state index >= 15 is 0 Å². The van der Waals surface area contributed by atoms with E-state index in [0.717, 1.165) is 43.8 Å². The second kappa shape index (κ2) is 11.2. The van der Waals surface area contributed by atoms with Crippen molar-refractivity contribution in [2.24, 2.45) is 5.92 Å². The number of phenolic OH excluding ortho intramolecular Hbond substituents is 1. The van der Waals surface area contributed by atoms with Gasteiger partial charge in [0.05, 0.1) is 18.8 Å². The summed E-state index contributed by atoms with van der Waals surface area (Å²) in [6, 6.07) is 3.41. The quantitative estimate of drug-likeness (QED) is 0.323. The Kier molecular flexibility index (Phi) is 8.81. The minimum Gasteiger partial charge on any atom is -0.507 e. The molecule has 1 spiro atoms. The molecule has 1 saturated carbocycles. The van der Waals surface area contributed by atoms with Crippen molar-refractivity contribution in [2.75, 3.05) is 24.7 Å². The second-order valence-electron chi connectivity index (χ2n) is 9.03. The van der Waals surface area contributed by atoms with Gasteiger partial charge in [0.2, 0.25) is 0 Å². The van der Waals surface area contributed by atoms with Crippen LogP contribution in [0.25, 0.3) is 0 Å². The summed E-state index contributed by atoms with van der Waals surface area (Å²) in [4.78, 5) is 22.5. The van der Waals surface area contributed by atoms with Gasteiger partial charge in [-0.15, -0.1) is 11.8 Å². The van der Waals surface area contributed by atoms with Crippen molar-refractivity contribution in [1.82, 2.24) is 0 Å². The highest BCUT2D eigenvalue weighted by molar-refractivity contribution is 8.04. The van der Waals surface area contributed by atoms with E-state index in [4.69, 9.17) is 14.6 Å². The maximum absolute atomic E-state index is 11.7. The zero-order valence-electron chi connectivity index (χ0n) is 19.1. The van der Waals surface area contributed by atoms with Gasteiger partial charge >= 0.3 is 5.97 Å². The summed E-state index contributed by atoms with van der Waals surface area (Å²) in [5.74, 6) is 2.09. The van der Waals surface area contributed by atoms with Crippen molar-refractivity contribution in [3.05, 3.63) is 23.3 Å². The summed E-state index contributed by atoms with van der Waals surface area (Å²) in [5, 5.41) is 19.9. The van der Waals surface area contributed by atoms with Gasteiger partial charge in [-0.2, -0.15) is 11.8 Å². The van der Waals surface area contributed by atoms with Crippen molar-refractivity contribution in [3.8, 4) is 11.5 Å². The molecular formula is C24H34O6S2. The van der Waals surface area contributed by atoms with Crippen molar-refractivity contribution >= 4 is 35.3 Å². The second-order valence-corrected chi connectivity index (χ2v) is 11.8. The molecule has 1 aliphatic heterocycles. The number of carboxylic acids is 1. The highest BCUT2D eigenvalue weighted by atomic mass is 32.2. The number of carbonyl (C=O) groups excluding carboxylic acids is 1. The van der Waals surface area contributed by atoms with Crippen LogP contribution in [-0.2, 0) is 9.53 Å². The molecule has 1 saturated heterocycles. The third kappa shape index (κ3) is 6.35. The normalized spacial score (nSPS) is 25.0. The fourth-order valence-electron chi connectivity index (χ4n) is 4.54. The number of ketones is 1. The van der Waals surface area contributed by atoms with E-state index in [1.807, 2.05) is 37.4 Å². The van der Waals surface area contributed by atoms with Gasteiger partial charge in [-0.3, -0.25) is 9.59 Å². The van der Waals surface area contributed by atoms with Crippen molar-refractivity contribution in [3.63, 3.8) is 0 Å². The molecule has 178 valence electrons. The first-order valence-electron chi connectivity index (χ1n) is 11.3. The molecule has 0 bridgehead atoms. The average molecular weight is 483 g/mol. The van der Waals surface area contributed by atoms with Crippen LogP contribution < -0.4 is 4.74 Å². The first-order chi connectivity index (χ1) is 15.2. The molecule has 3 unspecified atom stereocenters. The van der Waals surface area contributed by atoms with Gasteiger partial charge in [-0.25, -0.2) is 0 Å². The van der Waals surface area contributed by atoms with Crippen LogP contribution >= 0.6 is 23.5 Å². The highest BCUT2D eigenvalue weighted by Gasteiger charge is 2.47. The Bertz CT molecular complexity index is 827. The number of phenols is 1. The molecule has 3 rings (SSSR count). The van der Waals surface area contributed by atoms with Crippen molar-refractivity contribution in [2.45, 2.75) is 69.0 Å². The topological polar surface area (TPSA) is 93.1 Å². The maximum atomic E-state index is 11.7. The van der Waals surface area contributed by atoms with E-state index in [-0.39, 0.29) is 34.7 Å². The lowest BCUT2D eigenvalue weighted by molar-refractivity contribution is -0.138. The Balaban J connectivity index is 1.38. The van der Waals surface area contributed by atoms with Crippen LogP contribution in [0.3, 0.4) is 0 Å². The minimum atomic E-state index is -0.713. The highest BCUT2D eigenvalue weighted by Crippen LogP contribution is 2.52. The summed E-state index contributed by atoms with van der Waals surface area (Å²) in [7, 11) is 0. The molecule has 0 amide bonds. The molecule has 32 heavy (non-hydrogen) atoms. The third-order valence-corrected chi connectivity index (χ3v) is 9.02. The number of ether oxygens (including phenoxy) is 2. The Morgan fingerprint density at radius 2 is 2.16 bits per heavy atom. The van der Waals surface area contributed by atoms with Crippen LogP contribution in [-0.4, -0.2) is 56.9 Å². The summed E-state index contributed by atoms with van der Waals surface area (Å²) in [5.41, 5.74) is 1.02. The molecule has 6 nitrogen and oxygen atoms in total. The molecule has 1 aliphatic carbocycles. The number of hydrogen-bond acceptors (Lipinski definition) is 7. The number of aliphatic carboxylic acids is 1. The Morgan fingerprint density at radius 3 is 2.84 bits per heavy atom. The van der Waals surface area contributed by atoms with Gasteiger partial charge in [0.1, 0.15) is 16.4 Å². The van der Waals surface area contributed by atoms with E-state index in [2.05, 4.69) is 0 Å². The van der Waals surface area contributed by atoms with E-state index < -0.39 is 5.97 Å². The number of thioether (sulfide) groups is 2. The molecule has 2 N–H and O–H groups in total. The van der Waals surface area contributed by atoms with Gasteiger partial charge < -0.3 is 19.7 Å². The van der Waals surface area contributed by atoms with Crippen molar-refractivity contribution < 1.29 is 29.3 Å². The number of aromatic hydroxyl groups is 1. The standard InChI is InChI=1S/C24H34O6S2/c1-15(2)22-20(6-5-19(16(3)25)23(22)28)29-9-4-10-31-14-18-13-30-24(32-18)8-7-17(12-24)11-21(26)27/h5-6,15,17-18,28H,4,7-14H2,1-3H3,(H,26,27). The van der Waals surface area contributed by atoms with Crippen LogP contribution in [0.1, 0.15) is 74.7 Å². The Labute approximate surface area is 198 Å². The van der Waals surface area contributed by atoms with Gasteiger partial charge in [-0.1, -0.05) is 13.8 Å². The summed E-state index contributed by atoms with van der Waals surface area (Å²) in [6.07, 6.45) is 3.89. The molecule has 2 fully saturated rings. The lowest BCUT2D eigenvalue weighted by Gasteiger charge is -2.21. The molecule has 3 atom stereocenters. The summed E-state index contributed by atoms with van der Waals surface area (Å²) < 4.78 is 12.1. The monoisotopic (exact) mass is 482 g/mol. The van der Waals surface area contributed by atoms with E-state index in [1.54, 1.807) is 12.1 Å². The molecule has 2 aliphatic rings. The fraction of sp³-hybridized carbons (Fsp3) is 0.667. The number of Topliss-reactive ketones (excluding diaryl/α,β-unsaturated/α-hetero) is 1. The van der Waals surface area contributed by atoms with Gasteiger partial charge in [0, 0.05) is 23.0 Å². The van der Waals surface area contributed by atoms with Crippen LogP contribution in [0.15, 0.2) is 12.1 Å². The number of carboxylic acid groups (broad SMARTS) is 1. The third-order valence-electron chi connectivity index (χ3n) is 6.04. The van der Waals surface area contributed by atoms with Gasteiger partial charge in [0.25, 0.3) is 0 Å². The molecule has 1 heterocycles. The SMILES string of the molecule is CC(=O)c1ccc(OCCCSCC2COC3(CCC(CC(=O)O)C3)S2)c(C(C)C)c1O. The molecule has 0 radical (unpaired) electrons. The molecule has 8 heteroatoms. The predicted octanol–water partition coefficient (Wildman–Crippen LogP) is 5.32. The Hall–Kier alpha value is -1.38. The first-order valence-corrected chi connectivity index (χ1v) is 13.3. The maximum Gasteiger partial charge on any atom is 0.303 e. The van der Waals surface area contributed by atoms with E-state index in [9.17, 15) is 14.7 Å². The number of benzene rings is 1. The van der Waals surface area contributed by atoms with E-state index in [1.165, 1.54) is 6.92 Å². The lowest BCUT2D eigenvalue weighted by atomic mass is 9.96. The summed E-state index contributed by atoms with van der Waals surface area (Å²) in [6.45, 7) is 6.70. The van der Waals surface area contributed by atoms with Crippen LogP contribution in [0.2, 0.25) is 0 Å². The van der Waals surface area contributed by atoms with E-state index in [0.29, 0.717) is 28.7 Å². The molecule has 1 aromatic rings. The zero-order valence-corrected chi connectivity index (χ0v) is 20.7. The smallest absolute Gasteiger partial charge is 0.303 e. The van der Waals surface area contributed by atoms with Crippen LogP contribution in [0, 0.1) is 5.92 Å². The molecule has 0 aromatic heterocycles. The van der Waals surface area contributed by atoms with Gasteiger partial charge in [-0.05, 0) is 62.3 Å². The van der Waals surface area contributed by atoms with Crippen LogP contribution in [0.4, 0.5) is 0 Å². The van der Waals surface area contributed by atoms with Gasteiger partial charge in [0.15, 0.2) is 5.78 Å². The predicted molar refractivity (Wildman–Crippen MR) is 129 cm³/mol. The molecular weight excluding hydrogens is 448 g/mol. The lowest BCUT2D eigenvalue weighted by Crippen LogP contribution is -2.20. The zero-order chi connectivity index (χ0) is 23.3. The summed E-state index contributed by atoms with van der Waals surface area (Å²) >= 11 is 3.79. The fourth-order valence-corrected chi connectivity index (χ4v) is 7.40. The average Bonchev–Trinajstić information content (AvgIpc) is 3.29. The number of carbonyl (C=O) groups is 2. The van der Waals surface area contributed by atoms with Crippen LogP contribution in [0.5, 0.6) is 11.5 Å². The van der Waals surface area contributed by atoms with Crippen molar-refractivity contribution in [1.29, 1.82) is 0 Å². The number of hydrogen-bond donors (Lipinski definition) is 2. The largest absolute Gasteiger partial charge is 0.507 e. The minimum absolute atomic E-state index is 0.0315. The number of rotatable bonds is 11. The molecule has 1 aromatic carbocycles. The Morgan fingerprint density at radius 1 is 1.38 bits per heavy atom.